The number of rotatable bonds is 5. The first-order valence-corrected chi connectivity index (χ1v) is 7.06. The normalized spacial score (nSPS) is 15.7. The van der Waals surface area contributed by atoms with Gasteiger partial charge in [-0.25, -0.2) is 0 Å². The average Bonchev–Trinajstić information content (AvgIpc) is 2.31. The summed E-state index contributed by atoms with van der Waals surface area (Å²) in [5.74, 6) is -0.240. The highest BCUT2D eigenvalue weighted by atomic mass is 35.5. The third kappa shape index (κ3) is 5.01. The second-order valence-electron chi connectivity index (χ2n) is 5.00. The summed E-state index contributed by atoms with van der Waals surface area (Å²) in [7, 11) is 0. The van der Waals surface area contributed by atoms with Crippen LogP contribution in [0.25, 0.3) is 0 Å². The summed E-state index contributed by atoms with van der Waals surface area (Å²) < 4.78 is 0. The zero-order valence-electron chi connectivity index (χ0n) is 11.4. The van der Waals surface area contributed by atoms with Crippen molar-refractivity contribution in [1.82, 2.24) is 5.32 Å². The van der Waals surface area contributed by atoms with Crippen LogP contribution in [0.1, 0.15) is 26.3 Å². The van der Waals surface area contributed by atoms with Gasteiger partial charge in [-0.15, -0.1) is 0 Å². The maximum Gasteiger partial charge on any atom is 0.224 e. The summed E-state index contributed by atoms with van der Waals surface area (Å²) in [6, 6.07) is 5.21. The maximum absolute atomic E-state index is 11.9. The highest BCUT2D eigenvalue weighted by molar-refractivity contribution is 6.35. The Morgan fingerprint density at radius 2 is 1.95 bits per heavy atom. The van der Waals surface area contributed by atoms with Gasteiger partial charge >= 0.3 is 0 Å². The highest BCUT2D eigenvalue weighted by Gasteiger charge is 2.19. The van der Waals surface area contributed by atoms with E-state index in [2.05, 4.69) is 5.32 Å². The molecule has 0 heterocycles. The van der Waals surface area contributed by atoms with Crippen LogP contribution >= 0.6 is 23.2 Å². The molecule has 5 heteroatoms. The van der Waals surface area contributed by atoms with E-state index in [4.69, 9.17) is 28.9 Å². The Kier molecular flexibility index (Phi) is 6.11. The van der Waals surface area contributed by atoms with Crippen molar-refractivity contribution in [2.75, 3.05) is 0 Å². The van der Waals surface area contributed by atoms with Crippen molar-refractivity contribution in [1.29, 1.82) is 0 Å². The van der Waals surface area contributed by atoms with E-state index in [1.807, 2.05) is 26.8 Å². The molecule has 0 fully saturated rings. The summed E-state index contributed by atoms with van der Waals surface area (Å²) in [6.45, 7) is 5.59. The van der Waals surface area contributed by atoms with Gasteiger partial charge in [-0.2, -0.15) is 0 Å². The molecule has 0 saturated heterocycles. The van der Waals surface area contributed by atoms with Crippen molar-refractivity contribution in [2.24, 2.45) is 11.7 Å². The molecule has 0 bridgehead atoms. The minimum Gasteiger partial charge on any atom is -0.353 e. The van der Waals surface area contributed by atoms with Gasteiger partial charge in [0.15, 0.2) is 0 Å². The van der Waals surface area contributed by atoms with E-state index in [9.17, 15) is 4.79 Å². The molecule has 1 rings (SSSR count). The van der Waals surface area contributed by atoms with Gasteiger partial charge in [-0.1, -0.05) is 36.2 Å². The Labute approximate surface area is 124 Å². The van der Waals surface area contributed by atoms with Crippen LogP contribution in [0, 0.1) is 5.92 Å². The number of hydrogen-bond acceptors (Lipinski definition) is 2. The largest absolute Gasteiger partial charge is 0.353 e. The van der Waals surface area contributed by atoms with Crippen LogP contribution in [-0.2, 0) is 11.2 Å². The van der Waals surface area contributed by atoms with E-state index in [1.54, 1.807) is 12.1 Å². The van der Waals surface area contributed by atoms with Gasteiger partial charge in [0.2, 0.25) is 5.91 Å². The molecule has 3 nitrogen and oxygen atoms in total. The molecule has 3 unspecified atom stereocenters. The quantitative estimate of drug-likeness (QED) is 0.878. The van der Waals surface area contributed by atoms with Gasteiger partial charge in [0.25, 0.3) is 0 Å². The number of hydrogen-bond donors (Lipinski definition) is 2. The third-order valence-corrected chi connectivity index (χ3v) is 3.72. The van der Waals surface area contributed by atoms with Crippen molar-refractivity contribution >= 4 is 29.1 Å². The molecule has 1 amide bonds. The standard InChI is InChI=1S/C14H20Cl2N2O/c1-8(18-14(19)9(2)10(3)17)6-11-4-5-12(15)7-13(11)16/h4-5,7-10H,6,17H2,1-3H3,(H,18,19). The van der Waals surface area contributed by atoms with E-state index in [1.165, 1.54) is 0 Å². The molecule has 0 aliphatic heterocycles. The van der Waals surface area contributed by atoms with Crippen LogP contribution in [0.4, 0.5) is 0 Å². The number of nitrogens with two attached hydrogens (primary N) is 1. The van der Waals surface area contributed by atoms with Gasteiger partial charge in [0, 0.05) is 28.0 Å². The summed E-state index contributed by atoms with van der Waals surface area (Å²) in [4.78, 5) is 11.9. The lowest BCUT2D eigenvalue weighted by atomic mass is 10.0. The van der Waals surface area contributed by atoms with Gasteiger partial charge in [-0.3, -0.25) is 4.79 Å². The summed E-state index contributed by atoms with van der Waals surface area (Å²) in [5, 5.41) is 4.17. The molecule has 1 aromatic carbocycles. The number of amides is 1. The van der Waals surface area contributed by atoms with Crippen LogP contribution < -0.4 is 11.1 Å². The van der Waals surface area contributed by atoms with E-state index >= 15 is 0 Å². The zero-order chi connectivity index (χ0) is 14.6. The molecule has 3 N–H and O–H groups in total. The first-order valence-electron chi connectivity index (χ1n) is 6.31. The van der Waals surface area contributed by atoms with Crippen molar-refractivity contribution < 1.29 is 4.79 Å². The zero-order valence-corrected chi connectivity index (χ0v) is 12.9. The smallest absolute Gasteiger partial charge is 0.224 e. The van der Waals surface area contributed by atoms with Crippen LogP contribution in [0.15, 0.2) is 18.2 Å². The third-order valence-electron chi connectivity index (χ3n) is 3.13. The minimum atomic E-state index is -0.205. The van der Waals surface area contributed by atoms with Crippen LogP contribution in [-0.4, -0.2) is 18.0 Å². The van der Waals surface area contributed by atoms with Crippen LogP contribution in [0.5, 0.6) is 0 Å². The molecule has 0 spiro atoms. The number of carbonyl (C=O) groups excluding carboxylic acids is 1. The van der Waals surface area contributed by atoms with Crippen molar-refractivity contribution in [2.45, 2.75) is 39.3 Å². The van der Waals surface area contributed by atoms with E-state index < -0.39 is 0 Å². The number of carbonyl (C=O) groups is 1. The molecular formula is C14H20Cl2N2O. The SMILES string of the molecule is CC(Cc1ccc(Cl)cc1Cl)NC(=O)C(C)C(C)N. The number of halogens is 2. The molecule has 106 valence electrons. The van der Waals surface area contributed by atoms with Gasteiger partial charge < -0.3 is 11.1 Å². The fourth-order valence-electron chi connectivity index (χ4n) is 1.68. The molecule has 0 saturated carbocycles. The average molecular weight is 303 g/mol. The Morgan fingerprint density at radius 1 is 1.32 bits per heavy atom. The fourth-order valence-corrected chi connectivity index (χ4v) is 2.17. The second kappa shape index (κ2) is 7.13. The lowest BCUT2D eigenvalue weighted by Crippen LogP contribution is -2.43. The van der Waals surface area contributed by atoms with Crippen molar-refractivity contribution in [3.8, 4) is 0 Å². The lowest BCUT2D eigenvalue weighted by Gasteiger charge is -2.20. The first kappa shape index (κ1) is 16.3. The highest BCUT2D eigenvalue weighted by Crippen LogP contribution is 2.22. The summed E-state index contributed by atoms with van der Waals surface area (Å²) >= 11 is 12.0. The Morgan fingerprint density at radius 3 is 2.47 bits per heavy atom. The van der Waals surface area contributed by atoms with Gasteiger partial charge in [0.05, 0.1) is 0 Å². The summed E-state index contributed by atoms with van der Waals surface area (Å²) in [6.07, 6.45) is 0.660. The number of nitrogens with one attached hydrogen (secondary N) is 1. The Balaban J connectivity index is 2.60. The fraction of sp³-hybridized carbons (Fsp3) is 0.500. The van der Waals surface area contributed by atoms with Crippen LogP contribution in [0.3, 0.4) is 0 Å². The van der Waals surface area contributed by atoms with E-state index in [-0.39, 0.29) is 23.9 Å². The minimum absolute atomic E-state index is 0.00706. The van der Waals surface area contributed by atoms with E-state index in [0.29, 0.717) is 16.5 Å². The molecule has 0 radical (unpaired) electrons. The predicted molar refractivity (Wildman–Crippen MR) is 80.6 cm³/mol. The topological polar surface area (TPSA) is 55.1 Å². The summed E-state index contributed by atoms with van der Waals surface area (Å²) in [5.41, 5.74) is 6.67. The second-order valence-corrected chi connectivity index (χ2v) is 5.84. The molecular weight excluding hydrogens is 283 g/mol. The van der Waals surface area contributed by atoms with Crippen LogP contribution in [0.2, 0.25) is 10.0 Å². The molecule has 0 aromatic heterocycles. The lowest BCUT2D eigenvalue weighted by molar-refractivity contribution is -0.125. The van der Waals surface area contributed by atoms with Gasteiger partial charge in [-0.05, 0) is 38.0 Å². The molecule has 19 heavy (non-hydrogen) atoms. The Bertz CT molecular complexity index is 449. The first-order chi connectivity index (χ1) is 8.81. The molecule has 1 aromatic rings. The molecule has 3 atom stereocenters. The van der Waals surface area contributed by atoms with Crippen molar-refractivity contribution in [3.05, 3.63) is 33.8 Å². The van der Waals surface area contributed by atoms with Gasteiger partial charge in [0.1, 0.15) is 0 Å². The van der Waals surface area contributed by atoms with Crippen molar-refractivity contribution in [3.63, 3.8) is 0 Å². The monoisotopic (exact) mass is 302 g/mol. The number of benzene rings is 1. The maximum atomic E-state index is 11.9. The van der Waals surface area contributed by atoms with E-state index in [0.717, 1.165) is 5.56 Å². The predicted octanol–water partition coefficient (Wildman–Crippen LogP) is 3.02. The Hall–Kier alpha value is -0.770. The molecule has 0 aliphatic carbocycles. The molecule has 0 aliphatic rings.